The fourth-order valence-electron chi connectivity index (χ4n) is 1.97. The minimum absolute atomic E-state index is 0.224. The highest BCUT2D eigenvalue weighted by Crippen LogP contribution is 2.19. The number of hydrogen-bond acceptors (Lipinski definition) is 2. The Morgan fingerprint density at radius 3 is 2.53 bits per heavy atom. The molecule has 2 aromatic rings. The van der Waals surface area contributed by atoms with E-state index in [0.29, 0.717) is 22.6 Å². The van der Waals surface area contributed by atoms with Crippen LogP contribution in [0.5, 0.6) is 0 Å². The first-order chi connectivity index (χ1) is 8.79. The van der Waals surface area contributed by atoms with Crippen molar-refractivity contribution in [1.82, 2.24) is 14.8 Å². The van der Waals surface area contributed by atoms with Crippen molar-refractivity contribution in [2.75, 3.05) is 0 Å². The summed E-state index contributed by atoms with van der Waals surface area (Å²) in [4.78, 5) is 0. The van der Waals surface area contributed by atoms with Gasteiger partial charge in [0, 0.05) is 12.0 Å². The molecule has 0 fully saturated rings. The number of aromatic nitrogens is 3. The predicted molar refractivity (Wildman–Crippen MR) is 71.6 cm³/mol. The van der Waals surface area contributed by atoms with Crippen molar-refractivity contribution >= 4 is 12.2 Å². The second-order valence-corrected chi connectivity index (χ2v) is 5.76. The normalized spacial score (nSPS) is 11.8. The summed E-state index contributed by atoms with van der Waals surface area (Å²) in [5, 5.41) is 6.90. The summed E-state index contributed by atoms with van der Waals surface area (Å²) in [6, 6.07) is 3.84. The standard InChI is InChI=1S/C13H15F2N3S/c1-13(2,3)18-11(16-17-12(18)19)7-8-4-5-9(14)10(15)6-8/h4-6H,7H2,1-3H3,(H,17,19). The molecule has 1 aromatic carbocycles. The van der Waals surface area contributed by atoms with Gasteiger partial charge in [-0.25, -0.2) is 8.78 Å². The van der Waals surface area contributed by atoms with Crippen LogP contribution in [-0.2, 0) is 12.0 Å². The Labute approximate surface area is 115 Å². The van der Waals surface area contributed by atoms with Crippen LogP contribution in [0.1, 0.15) is 32.2 Å². The Morgan fingerprint density at radius 1 is 1.26 bits per heavy atom. The third-order valence-electron chi connectivity index (χ3n) is 2.76. The summed E-state index contributed by atoms with van der Waals surface area (Å²) < 4.78 is 28.5. The second kappa shape index (κ2) is 4.85. The summed E-state index contributed by atoms with van der Waals surface area (Å²) in [7, 11) is 0. The molecule has 0 atom stereocenters. The van der Waals surface area contributed by atoms with E-state index in [0.717, 1.165) is 6.07 Å². The quantitative estimate of drug-likeness (QED) is 0.855. The number of nitrogens with zero attached hydrogens (tertiary/aromatic N) is 2. The molecule has 0 bridgehead atoms. The molecule has 1 heterocycles. The van der Waals surface area contributed by atoms with E-state index in [1.807, 2.05) is 25.3 Å². The summed E-state index contributed by atoms with van der Waals surface area (Å²) >= 11 is 5.19. The van der Waals surface area contributed by atoms with Gasteiger partial charge in [-0.15, -0.1) is 0 Å². The van der Waals surface area contributed by atoms with Crippen LogP contribution in [0.15, 0.2) is 18.2 Å². The molecule has 102 valence electrons. The molecule has 0 aliphatic rings. The van der Waals surface area contributed by atoms with Crippen LogP contribution in [0.2, 0.25) is 0 Å². The molecule has 2 rings (SSSR count). The molecule has 6 heteroatoms. The summed E-state index contributed by atoms with van der Waals surface area (Å²) in [6.45, 7) is 6.02. The molecule has 0 aliphatic heterocycles. The maximum Gasteiger partial charge on any atom is 0.195 e. The number of aromatic amines is 1. The van der Waals surface area contributed by atoms with E-state index < -0.39 is 11.6 Å². The van der Waals surface area contributed by atoms with Gasteiger partial charge in [-0.1, -0.05) is 6.07 Å². The number of benzene rings is 1. The molecular formula is C13H15F2N3S. The lowest BCUT2D eigenvalue weighted by atomic mass is 10.1. The van der Waals surface area contributed by atoms with Crippen molar-refractivity contribution in [1.29, 1.82) is 0 Å². The highest BCUT2D eigenvalue weighted by atomic mass is 32.1. The first-order valence-electron chi connectivity index (χ1n) is 5.90. The van der Waals surface area contributed by atoms with Crippen LogP contribution >= 0.6 is 12.2 Å². The molecule has 0 saturated heterocycles. The van der Waals surface area contributed by atoms with E-state index in [1.165, 1.54) is 6.07 Å². The van der Waals surface area contributed by atoms with Crippen molar-refractivity contribution in [3.63, 3.8) is 0 Å². The van der Waals surface area contributed by atoms with Gasteiger partial charge in [0.15, 0.2) is 16.4 Å². The Balaban J connectivity index is 2.39. The summed E-state index contributed by atoms with van der Waals surface area (Å²) in [6.07, 6.45) is 0.390. The average Bonchev–Trinajstić information content (AvgIpc) is 2.64. The van der Waals surface area contributed by atoms with Crippen LogP contribution in [0.25, 0.3) is 0 Å². The van der Waals surface area contributed by atoms with E-state index in [9.17, 15) is 8.78 Å². The monoisotopic (exact) mass is 283 g/mol. The number of H-pyrrole nitrogens is 1. The number of nitrogens with one attached hydrogen (secondary N) is 1. The highest BCUT2D eigenvalue weighted by Gasteiger charge is 2.19. The van der Waals surface area contributed by atoms with E-state index >= 15 is 0 Å². The Hall–Kier alpha value is -1.56. The summed E-state index contributed by atoms with van der Waals surface area (Å²) in [5.74, 6) is -1.00. The zero-order chi connectivity index (χ0) is 14.2. The van der Waals surface area contributed by atoms with Gasteiger partial charge in [0.25, 0.3) is 0 Å². The van der Waals surface area contributed by atoms with E-state index in [4.69, 9.17) is 12.2 Å². The molecule has 1 N–H and O–H groups in total. The van der Waals surface area contributed by atoms with Crippen LogP contribution in [0, 0.1) is 16.4 Å². The molecule has 19 heavy (non-hydrogen) atoms. The van der Waals surface area contributed by atoms with Crippen molar-refractivity contribution in [3.8, 4) is 0 Å². The molecule has 3 nitrogen and oxygen atoms in total. The summed E-state index contributed by atoms with van der Waals surface area (Å²) in [5.41, 5.74) is 0.427. The van der Waals surface area contributed by atoms with Gasteiger partial charge >= 0.3 is 0 Å². The van der Waals surface area contributed by atoms with Gasteiger partial charge < -0.3 is 0 Å². The molecule has 0 spiro atoms. The Morgan fingerprint density at radius 2 is 1.95 bits per heavy atom. The van der Waals surface area contributed by atoms with Crippen molar-refractivity contribution in [2.45, 2.75) is 32.7 Å². The molecule has 0 radical (unpaired) electrons. The van der Waals surface area contributed by atoms with Crippen molar-refractivity contribution < 1.29 is 8.78 Å². The van der Waals surface area contributed by atoms with Crippen molar-refractivity contribution in [2.24, 2.45) is 0 Å². The topological polar surface area (TPSA) is 33.6 Å². The lowest BCUT2D eigenvalue weighted by Gasteiger charge is -2.22. The van der Waals surface area contributed by atoms with Gasteiger partial charge in [-0.05, 0) is 50.7 Å². The van der Waals surface area contributed by atoms with E-state index in [2.05, 4.69) is 10.2 Å². The Bertz CT molecular complexity index is 653. The SMILES string of the molecule is CC(C)(C)n1c(Cc2ccc(F)c(F)c2)n[nH]c1=S. The van der Waals surface area contributed by atoms with E-state index in [-0.39, 0.29) is 5.54 Å². The first-order valence-corrected chi connectivity index (χ1v) is 6.30. The van der Waals surface area contributed by atoms with Gasteiger partial charge in [0.2, 0.25) is 0 Å². The maximum atomic E-state index is 13.2. The third-order valence-corrected chi connectivity index (χ3v) is 3.03. The van der Waals surface area contributed by atoms with Gasteiger partial charge in [-0.2, -0.15) is 5.10 Å². The lowest BCUT2D eigenvalue weighted by Crippen LogP contribution is -2.24. The zero-order valence-corrected chi connectivity index (χ0v) is 11.8. The number of halogens is 2. The fourth-order valence-corrected chi connectivity index (χ4v) is 2.40. The fraction of sp³-hybridized carbons (Fsp3) is 0.385. The average molecular weight is 283 g/mol. The van der Waals surface area contributed by atoms with Crippen LogP contribution in [0.4, 0.5) is 8.78 Å². The molecule has 0 aliphatic carbocycles. The molecule has 0 amide bonds. The van der Waals surface area contributed by atoms with E-state index in [1.54, 1.807) is 6.07 Å². The van der Waals surface area contributed by atoms with Crippen molar-refractivity contribution in [3.05, 3.63) is 46.0 Å². The third kappa shape index (κ3) is 2.89. The molecule has 1 aromatic heterocycles. The minimum atomic E-state index is -0.853. The highest BCUT2D eigenvalue weighted by molar-refractivity contribution is 7.71. The van der Waals surface area contributed by atoms with Gasteiger partial charge in [0.05, 0.1) is 0 Å². The molecular weight excluding hydrogens is 268 g/mol. The Kier molecular flexibility index (Phi) is 3.54. The number of hydrogen-bond donors (Lipinski definition) is 1. The predicted octanol–water partition coefficient (Wildman–Crippen LogP) is 3.56. The lowest BCUT2D eigenvalue weighted by molar-refractivity contribution is 0.379. The number of rotatable bonds is 2. The largest absolute Gasteiger partial charge is 0.298 e. The van der Waals surface area contributed by atoms with Crippen LogP contribution in [0.3, 0.4) is 0 Å². The smallest absolute Gasteiger partial charge is 0.195 e. The van der Waals surface area contributed by atoms with Crippen LogP contribution < -0.4 is 0 Å². The minimum Gasteiger partial charge on any atom is -0.298 e. The second-order valence-electron chi connectivity index (χ2n) is 5.38. The van der Waals surface area contributed by atoms with Gasteiger partial charge in [0.1, 0.15) is 5.82 Å². The van der Waals surface area contributed by atoms with Crippen LogP contribution in [-0.4, -0.2) is 14.8 Å². The first kappa shape index (κ1) is 13.9. The van der Waals surface area contributed by atoms with Gasteiger partial charge in [-0.3, -0.25) is 9.67 Å². The molecule has 0 saturated carbocycles. The molecule has 0 unspecified atom stereocenters. The maximum absolute atomic E-state index is 13.2. The zero-order valence-electron chi connectivity index (χ0n) is 11.0.